The van der Waals surface area contributed by atoms with E-state index in [0.29, 0.717) is 0 Å². The molecule has 0 bridgehead atoms. The maximum absolute atomic E-state index is 6.36. The van der Waals surface area contributed by atoms with Crippen LogP contribution in [-0.4, -0.2) is 18.1 Å². The number of benzene rings is 2. The molecule has 0 saturated carbocycles. The predicted octanol–water partition coefficient (Wildman–Crippen LogP) is 5.21. The summed E-state index contributed by atoms with van der Waals surface area (Å²) in [5.41, 5.74) is 9.80. The second-order valence-corrected chi connectivity index (χ2v) is 12.9. The lowest BCUT2D eigenvalue weighted by Crippen LogP contribution is -2.43. The van der Waals surface area contributed by atoms with Crippen LogP contribution in [0.15, 0.2) is 42.5 Å². The molecule has 0 aliphatic heterocycles. The zero-order valence-corrected chi connectivity index (χ0v) is 16.9. The Labute approximate surface area is 150 Å². The molecule has 5 heteroatoms. The van der Waals surface area contributed by atoms with Gasteiger partial charge >= 0.3 is 0 Å². The first-order valence-electron chi connectivity index (χ1n) is 8.60. The van der Waals surface area contributed by atoms with E-state index in [1.807, 2.05) is 42.1 Å². The van der Waals surface area contributed by atoms with Gasteiger partial charge in [-0.3, -0.25) is 4.68 Å². The van der Waals surface area contributed by atoms with E-state index in [1.54, 1.807) is 0 Å². The number of rotatable bonds is 3. The van der Waals surface area contributed by atoms with E-state index in [1.165, 1.54) is 0 Å². The Kier molecular flexibility index (Phi) is 4.15. The summed E-state index contributed by atoms with van der Waals surface area (Å²) in [6.07, 6.45) is 0. The topological polar surface area (TPSA) is 53.1 Å². The number of aromatic nitrogens is 2. The van der Waals surface area contributed by atoms with E-state index in [4.69, 9.17) is 10.2 Å². The van der Waals surface area contributed by atoms with Gasteiger partial charge in [0.15, 0.2) is 0 Å². The number of aryl methyl sites for hydroxylation is 1. The van der Waals surface area contributed by atoms with Gasteiger partial charge in [-0.05, 0) is 60.6 Å². The zero-order chi connectivity index (χ0) is 18.4. The van der Waals surface area contributed by atoms with Gasteiger partial charge in [0.2, 0.25) is 8.32 Å². The van der Waals surface area contributed by atoms with Crippen LogP contribution in [0.5, 0.6) is 5.75 Å². The highest BCUT2D eigenvalue weighted by Crippen LogP contribution is 2.38. The van der Waals surface area contributed by atoms with Crippen LogP contribution in [0, 0.1) is 0 Å². The van der Waals surface area contributed by atoms with E-state index in [-0.39, 0.29) is 5.04 Å². The second-order valence-electron chi connectivity index (χ2n) is 8.14. The molecule has 25 heavy (non-hydrogen) atoms. The van der Waals surface area contributed by atoms with Gasteiger partial charge in [-0.25, -0.2) is 0 Å². The first-order valence-corrected chi connectivity index (χ1v) is 11.5. The molecule has 3 rings (SSSR count). The van der Waals surface area contributed by atoms with E-state index in [9.17, 15) is 0 Å². The maximum atomic E-state index is 6.36. The van der Waals surface area contributed by atoms with Crippen LogP contribution >= 0.6 is 0 Å². The Morgan fingerprint density at radius 2 is 1.68 bits per heavy atom. The minimum Gasteiger partial charge on any atom is -0.544 e. The number of fused-ring (bicyclic) bond motifs is 1. The molecule has 0 spiro atoms. The second kappa shape index (κ2) is 5.91. The first-order chi connectivity index (χ1) is 11.6. The first kappa shape index (κ1) is 17.5. The molecular formula is C20H27N3OSi. The Bertz CT molecular complexity index is 905. The molecule has 0 atom stereocenters. The minimum atomic E-state index is -1.83. The Morgan fingerprint density at radius 1 is 1.04 bits per heavy atom. The third kappa shape index (κ3) is 3.29. The molecule has 4 nitrogen and oxygen atoms in total. The minimum absolute atomic E-state index is 0.181. The van der Waals surface area contributed by atoms with Crippen LogP contribution < -0.4 is 10.2 Å². The summed E-state index contributed by atoms with van der Waals surface area (Å²) in [5.74, 6) is 0.926. The molecule has 0 unspecified atom stereocenters. The van der Waals surface area contributed by atoms with Gasteiger partial charge in [0.1, 0.15) is 11.4 Å². The fourth-order valence-corrected chi connectivity index (χ4v) is 3.66. The maximum Gasteiger partial charge on any atom is 0.250 e. The molecular weight excluding hydrogens is 326 g/mol. The van der Waals surface area contributed by atoms with Crippen molar-refractivity contribution in [3.63, 3.8) is 0 Å². The lowest BCUT2D eigenvalue weighted by atomic mass is 10.1. The van der Waals surface area contributed by atoms with Gasteiger partial charge < -0.3 is 10.2 Å². The average molecular weight is 354 g/mol. The summed E-state index contributed by atoms with van der Waals surface area (Å²) in [6.45, 7) is 11.3. The summed E-state index contributed by atoms with van der Waals surface area (Å²) < 4.78 is 8.26. The Balaban J connectivity index is 1.95. The van der Waals surface area contributed by atoms with E-state index >= 15 is 0 Å². The van der Waals surface area contributed by atoms with Crippen LogP contribution in [0.1, 0.15) is 20.8 Å². The van der Waals surface area contributed by atoms with Gasteiger partial charge in [-0.15, -0.1) is 0 Å². The molecule has 1 aromatic heterocycles. The molecule has 2 aromatic carbocycles. The highest BCUT2D eigenvalue weighted by atomic mass is 28.4. The fourth-order valence-electron chi connectivity index (χ4n) is 2.63. The summed E-state index contributed by atoms with van der Waals surface area (Å²) in [7, 11) is 0.130. The molecule has 3 aromatic rings. The number of hydrogen-bond acceptors (Lipinski definition) is 3. The van der Waals surface area contributed by atoms with E-state index in [2.05, 4.69) is 51.1 Å². The molecule has 1 heterocycles. The summed E-state index contributed by atoms with van der Waals surface area (Å²) in [6, 6.07) is 14.1. The molecule has 0 amide bonds. The van der Waals surface area contributed by atoms with Crippen molar-refractivity contribution in [1.82, 2.24) is 9.78 Å². The number of nitrogen functional groups attached to an aromatic ring is 1. The molecule has 0 radical (unpaired) electrons. The van der Waals surface area contributed by atoms with Gasteiger partial charge in [0.05, 0.1) is 5.52 Å². The largest absolute Gasteiger partial charge is 0.544 e. The monoisotopic (exact) mass is 353 g/mol. The van der Waals surface area contributed by atoms with Gasteiger partial charge in [0.25, 0.3) is 0 Å². The Hall–Kier alpha value is -2.27. The molecule has 0 fully saturated rings. The van der Waals surface area contributed by atoms with Crippen molar-refractivity contribution >= 4 is 24.9 Å². The fraction of sp³-hybridized carbons (Fsp3) is 0.350. The van der Waals surface area contributed by atoms with Crippen LogP contribution in [0.25, 0.3) is 22.2 Å². The molecule has 2 N–H and O–H groups in total. The average Bonchev–Trinajstić information content (AvgIpc) is 2.83. The number of anilines is 1. The third-order valence-corrected chi connectivity index (χ3v) is 9.54. The summed E-state index contributed by atoms with van der Waals surface area (Å²) in [5, 5.41) is 5.92. The SMILES string of the molecule is Cn1nc(-c2ccc(O[Si](C)(C)C(C)(C)C)cc2)c2cc(N)ccc21. The van der Waals surface area contributed by atoms with Gasteiger partial charge in [0, 0.05) is 23.7 Å². The van der Waals surface area contributed by atoms with Crippen LogP contribution in [0.4, 0.5) is 5.69 Å². The van der Waals surface area contributed by atoms with Crippen LogP contribution in [0.2, 0.25) is 18.1 Å². The van der Waals surface area contributed by atoms with Gasteiger partial charge in [-0.2, -0.15) is 5.10 Å². The van der Waals surface area contributed by atoms with E-state index in [0.717, 1.165) is 33.6 Å². The highest BCUT2D eigenvalue weighted by Gasteiger charge is 2.38. The molecule has 0 aliphatic carbocycles. The van der Waals surface area contributed by atoms with Crippen molar-refractivity contribution in [3.8, 4) is 17.0 Å². The lowest BCUT2D eigenvalue weighted by Gasteiger charge is -2.36. The normalized spacial score (nSPS) is 12.6. The van der Waals surface area contributed by atoms with Crippen molar-refractivity contribution in [2.24, 2.45) is 7.05 Å². The molecule has 132 valence electrons. The van der Waals surface area contributed by atoms with Crippen molar-refractivity contribution in [2.45, 2.75) is 38.9 Å². The van der Waals surface area contributed by atoms with Crippen LogP contribution in [-0.2, 0) is 7.05 Å². The smallest absolute Gasteiger partial charge is 0.250 e. The summed E-state index contributed by atoms with van der Waals surface area (Å²) >= 11 is 0. The van der Waals surface area contributed by atoms with Crippen LogP contribution in [0.3, 0.4) is 0 Å². The van der Waals surface area contributed by atoms with Crippen molar-refractivity contribution in [2.75, 3.05) is 5.73 Å². The Morgan fingerprint density at radius 3 is 2.28 bits per heavy atom. The van der Waals surface area contributed by atoms with Gasteiger partial charge in [-0.1, -0.05) is 20.8 Å². The highest BCUT2D eigenvalue weighted by molar-refractivity contribution is 6.74. The quantitative estimate of drug-likeness (QED) is 0.519. The molecule has 0 aliphatic rings. The third-order valence-electron chi connectivity index (χ3n) is 5.18. The predicted molar refractivity (Wildman–Crippen MR) is 108 cm³/mol. The van der Waals surface area contributed by atoms with Crippen molar-refractivity contribution < 1.29 is 4.43 Å². The van der Waals surface area contributed by atoms with Crippen molar-refractivity contribution in [3.05, 3.63) is 42.5 Å². The molecule has 0 saturated heterocycles. The van der Waals surface area contributed by atoms with Crippen molar-refractivity contribution in [1.29, 1.82) is 0 Å². The lowest BCUT2D eigenvalue weighted by molar-refractivity contribution is 0.492. The van der Waals surface area contributed by atoms with E-state index < -0.39 is 8.32 Å². The summed E-state index contributed by atoms with van der Waals surface area (Å²) in [4.78, 5) is 0. The standard InChI is InChI=1S/C20H27N3OSi/c1-20(2,3)25(5,6)24-16-10-7-14(8-11-16)19-17-13-15(21)9-12-18(17)23(4)22-19/h7-13H,21H2,1-6H3. The zero-order valence-electron chi connectivity index (χ0n) is 15.9. The number of nitrogens with zero attached hydrogens (tertiary/aromatic N) is 2. The number of nitrogens with two attached hydrogens (primary N) is 1. The number of hydrogen-bond donors (Lipinski definition) is 1.